The third kappa shape index (κ3) is 7.54. The predicted molar refractivity (Wildman–Crippen MR) is 84.0 cm³/mol. The molecule has 0 amide bonds. The summed E-state index contributed by atoms with van der Waals surface area (Å²) in [6.07, 6.45) is 1.01. The second kappa shape index (κ2) is 9.33. The highest BCUT2D eigenvalue weighted by Gasteiger charge is 2.29. The molecule has 6 heteroatoms. The van der Waals surface area contributed by atoms with Gasteiger partial charge < -0.3 is 18.7 Å². The van der Waals surface area contributed by atoms with Crippen LogP contribution in [0, 0.1) is 0 Å². The SMILES string of the molecule is CCO[Si](C)(CCCN=C(N(C)C)N(C)C)OCC. The first-order valence-electron chi connectivity index (χ1n) is 7.03. The predicted octanol–water partition coefficient (Wildman–Crippen LogP) is 2.00. The first kappa shape index (κ1) is 18.4. The molecule has 0 aromatic heterocycles. The van der Waals surface area contributed by atoms with E-state index in [1.165, 1.54) is 0 Å². The maximum Gasteiger partial charge on any atom is 0.334 e. The minimum Gasteiger partial charge on any atom is -0.395 e. The van der Waals surface area contributed by atoms with Crippen molar-refractivity contribution < 1.29 is 8.85 Å². The molecule has 114 valence electrons. The van der Waals surface area contributed by atoms with Crippen molar-refractivity contribution in [2.45, 2.75) is 32.9 Å². The average Bonchev–Trinajstić information content (AvgIpc) is 2.28. The molecule has 0 atom stereocenters. The maximum absolute atomic E-state index is 5.82. The molecule has 0 N–H and O–H groups in total. The van der Waals surface area contributed by atoms with Gasteiger partial charge in [0.1, 0.15) is 0 Å². The van der Waals surface area contributed by atoms with Crippen LogP contribution >= 0.6 is 0 Å². The molecule has 0 aromatic carbocycles. The van der Waals surface area contributed by atoms with E-state index in [4.69, 9.17) is 8.85 Å². The molecule has 0 spiro atoms. The van der Waals surface area contributed by atoms with Gasteiger partial charge >= 0.3 is 8.56 Å². The largest absolute Gasteiger partial charge is 0.395 e. The Kier molecular flexibility index (Phi) is 9.04. The number of aliphatic imine (C=N–C) groups is 1. The quantitative estimate of drug-likeness (QED) is 0.296. The van der Waals surface area contributed by atoms with Crippen molar-refractivity contribution in [2.24, 2.45) is 4.99 Å². The maximum atomic E-state index is 5.82. The smallest absolute Gasteiger partial charge is 0.334 e. The van der Waals surface area contributed by atoms with Gasteiger partial charge in [-0.15, -0.1) is 0 Å². The third-order valence-corrected chi connectivity index (χ3v) is 5.80. The lowest BCUT2D eigenvalue weighted by Gasteiger charge is -2.26. The molecule has 0 radical (unpaired) electrons. The zero-order valence-electron chi connectivity index (χ0n) is 13.7. The van der Waals surface area contributed by atoms with Crippen LogP contribution in [-0.4, -0.2) is 72.3 Å². The van der Waals surface area contributed by atoms with Crippen molar-refractivity contribution in [2.75, 3.05) is 47.9 Å². The Morgan fingerprint density at radius 2 is 1.47 bits per heavy atom. The summed E-state index contributed by atoms with van der Waals surface area (Å²) in [5, 5.41) is 0. The monoisotopic (exact) mass is 289 g/mol. The first-order chi connectivity index (χ1) is 8.86. The van der Waals surface area contributed by atoms with E-state index in [0.717, 1.165) is 38.2 Å². The summed E-state index contributed by atoms with van der Waals surface area (Å²) < 4.78 is 11.6. The van der Waals surface area contributed by atoms with Gasteiger partial charge in [-0.1, -0.05) is 0 Å². The standard InChI is InChI=1S/C13H31N3O2Si/c1-8-17-19(7,18-9-2)12-10-11-14-13(15(3)4)16(5)6/h8-12H2,1-7H3. The molecular weight excluding hydrogens is 258 g/mol. The van der Waals surface area contributed by atoms with Crippen LogP contribution in [0.1, 0.15) is 20.3 Å². The van der Waals surface area contributed by atoms with Crippen molar-refractivity contribution in [1.82, 2.24) is 9.80 Å². The van der Waals surface area contributed by atoms with Crippen LogP contribution < -0.4 is 0 Å². The molecule has 0 fully saturated rings. The molecule has 5 nitrogen and oxygen atoms in total. The van der Waals surface area contributed by atoms with Crippen LogP contribution in [0.2, 0.25) is 12.6 Å². The lowest BCUT2D eigenvalue weighted by Crippen LogP contribution is -2.39. The van der Waals surface area contributed by atoms with Gasteiger partial charge in [-0.3, -0.25) is 4.99 Å². The zero-order chi connectivity index (χ0) is 14.9. The third-order valence-electron chi connectivity index (χ3n) is 2.74. The van der Waals surface area contributed by atoms with Gasteiger partial charge in [0.15, 0.2) is 5.96 Å². The molecule has 0 rings (SSSR count). The van der Waals surface area contributed by atoms with E-state index in [2.05, 4.69) is 11.5 Å². The van der Waals surface area contributed by atoms with Gasteiger partial charge in [0.2, 0.25) is 0 Å². The Labute approximate surface area is 119 Å². The second-order valence-electron chi connectivity index (χ2n) is 5.07. The van der Waals surface area contributed by atoms with E-state index in [0.29, 0.717) is 0 Å². The summed E-state index contributed by atoms with van der Waals surface area (Å²) in [4.78, 5) is 8.68. The molecule has 0 aliphatic rings. The van der Waals surface area contributed by atoms with E-state index < -0.39 is 8.56 Å². The van der Waals surface area contributed by atoms with E-state index in [-0.39, 0.29) is 0 Å². The number of nitrogens with zero attached hydrogens (tertiary/aromatic N) is 3. The van der Waals surface area contributed by atoms with Crippen LogP contribution in [0.25, 0.3) is 0 Å². The van der Waals surface area contributed by atoms with Crippen molar-refractivity contribution in [3.05, 3.63) is 0 Å². The lowest BCUT2D eigenvalue weighted by molar-refractivity contribution is 0.188. The molecule has 19 heavy (non-hydrogen) atoms. The zero-order valence-corrected chi connectivity index (χ0v) is 14.7. The minimum absolute atomic E-state index is 0.729. The first-order valence-corrected chi connectivity index (χ1v) is 9.55. The average molecular weight is 289 g/mol. The Balaban J connectivity index is 4.28. The highest BCUT2D eigenvalue weighted by atomic mass is 28.4. The molecule has 0 aliphatic carbocycles. The molecule has 0 heterocycles. The van der Waals surface area contributed by atoms with Gasteiger partial charge in [-0.05, 0) is 32.9 Å². The highest BCUT2D eigenvalue weighted by molar-refractivity contribution is 6.66. The number of rotatable bonds is 8. The fourth-order valence-corrected chi connectivity index (χ4v) is 4.45. The summed E-state index contributed by atoms with van der Waals surface area (Å²) in [5.74, 6) is 0.996. The molecule has 0 saturated heterocycles. The van der Waals surface area contributed by atoms with Crippen LogP contribution in [0.3, 0.4) is 0 Å². The Bertz CT molecular complexity index is 255. The normalized spacial score (nSPS) is 11.3. The van der Waals surface area contributed by atoms with Gasteiger partial charge in [0, 0.05) is 47.9 Å². The van der Waals surface area contributed by atoms with Crippen molar-refractivity contribution in [3.8, 4) is 0 Å². The van der Waals surface area contributed by atoms with Gasteiger partial charge in [-0.2, -0.15) is 0 Å². The highest BCUT2D eigenvalue weighted by Crippen LogP contribution is 2.15. The summed E-state index contributed by atoms with van der Waals surface area (Å²) in [7, 11) is 6.08. The summed E-state index contributed by atoms with van der Waals surface area (Å²) >= 11 is 0. The van der Waals surface area contributed by atoms with Crippen LogP contribution in [-0.2, 0) is 8.85 Å². The number of hydrogen-bond donors (Lipinski definition) is 0. The van der Waals surface area contributed by atoms with Gasteiger partial charge in [0.05, 0.1) is 0 Å². The Morgan fingerprint density at radius 1 is 1.00 bits per heavy atom. The minimum atomic E-state index is -1.97. The molecule has 0 aromatic rings. The van der Waals surface area contributed by atoms with Crippen molar-refractivity contribution >= 4 is 14.5 Å². The van der Waals surface area contributed by atoms with Crippen molar-refractivity contribution in [3.63, 3.8) is 0 Å². The topological polar surface area (TPSA) is 37.3 Å². The van der Waals surface area contributed by atoms with E-state index in [1.54, 1.807) is 0 Å². The fourth-order valence-electron chi connectivity index (χ4n) is 2.06. The van der Waals surface area contributed by atoms with Crippen LogP contribution in [0.5, 0.6) is 0 Å². The molecule has 0 unspecified atom stereocenters. The van der Waals surface area contributed by atoms with E-state index in [9.17, 15) is 0 Å². The van der Waals surface area contributed by atoms with E-state index in [1.807, 2.05) is 51.8 Å². The molecule has 0 bridgehead atoms. The van der Waals surface area contributed by atoms with Gasteiger partial charge in [0.25, 0.3) is 0 Å². The van der Waals surface area contributed by atoms with Crippen molar-refractivity contribution in [1.29, 1.82) is 0 Å². The molecule has 0 saturated carbocycles. The second-order valence-corrected chi connectivity index (χ2v) is 8.42. The van der Waals surface area contributed by atoms with Crippen LogP contribution in [0.15, 0.2) is 4.99 Å². The van der Waals surface area contributed by atoms with E-state index >= 15 is 0 Å². The van der Waals surface area contributed by atoms with Crippen LogP contribution in [0.4, 0.5) is 0 Å². The Morgan fingerprint density at radius 3 is 1.84 bits per heavy atom. The molecule has 0 aliphatic heterocycles. The lowest BCUT2D eigenvalue weighted by atomic mass is 10.5. The Hall–Kier alpha value is -0.593. The molecular formula is C13H31N3O2Si. The van der Waals surface area contributed by atoms with Gasteiger partial charge in [-0.25, -0.2) is 0 Å². The summed E-state index contributed by atoms with van der Waals surface area (Å²) in [6, 6.07) is 0.992. The fraction of sp³-hybridized carbons (Fsp3) is 0.923. The number of guanidine groups is 1. The summed E-state index contributed by atoms with van der Waals surface area (Å²) in [6.45, 7) is 8.47. The summed E-state index contributed by atoms with van der Waals surface area (Å²) in [5.41, 5.74) is 0. The number of hydrogen-bond acceptors (Lipinski definition) is 3.